The van der Waals surface area contributed by atoms with Gasteiger partial charge in [-0.3, -0.25) is 9.59 Å². The number of hydrogen-bond donors (Lipinski definition) is 0. The van der Waals surface area contributed by atoms with Crippen molar-refractivity contribution in [2.45, 2.75) is 13.8 Å². The number of nitrogens with zero attached hydrogens (tertiary/aromatic N) is 2. The minimum Gasteiger partial charge on any atom is -0.465 e. The Morgan fingerprint density at radius 1 is 1.69 bits per heavy atom. The van der Waals surface area contributed by atoms with Gasteiger partial charge >= 0.3 is 5.97 Å². The summed E-state index contributed by atoms with van der Waals surface area (Å²) >= 11 is 0. The molecule has 1 atom stereocenters. The zero-order chi connectivity index (χ0) is 10.0. The molecule has 5 nitrogen and oxygen atoms in total. The normalized spacial score (nSPS) is 21.8. The molecule has 0 radical (unpaired) electrons. The maximum Gasteiger partial charge on any atom is 0.324 e. The summed E-state index contributed by atoms with van der Waals surface area (Å²) < 4.78 is 4.75. The summed E-state index contributed by atoms with van der Waals surface area (Å²) in [6.07, 6.45) is 0. The van der Waals surface area contributed by atoms with Crippen LogP contribution in [-0.2, 0) is 14.3 Å². The van der Waals surface area contributed by atoms with Gasteiger partial charge in [-0.05, 0) is 13.8 Å². The highest BCUT2D eigenvalue weighted by Gasteiger charge is 2.38. The Hall–Kier alpha value is -1.39. The Morgan fingerprint density at radius 3 is 2.69 bits per heavy atom. The fourth-order valence-electron chi connectivity index (χ4n) is 1.21. The number of esters is 1. The summed E-state index contributed by atoms with van der Waals surface area (Å²) in [6.45, 7) is 3.62. The third-order valence-electron chi connectivity index (χ3n) is 1.81. The summed E-state index contributed by atoms with van der Waals surface area (Å²) in [6, 6.07) is 0. The highest BCUT2D eigenvalue weighted by molar-refractivity contribution is 6.20. The standard InChI is InChI=1S/C8H12N2O3/c1-4-13-8(12)6-5(2)9-10(3)7(6)11/h6H,4H2,1-3H3. The first-order valence-electron chi connectivity index (χ1n) is 4.07. The van der Waals surface area contributed by atoms with E-state index in [1.807, 2.05) is 0 Å². The van der Waals surface area contributed by atoms with Crippen molar-refractivity contribution in [3.63, 3.8) is 0 Å². The van der Waals surface area contributed by atoms with Crippen molar-refractivity contribution in [2.75, 3.05) is 13.7 Å². The highest BCUT2D eigenvalue weighted by atomic mass is 16.5. The Morgan fingerprint density at radius 2 is 2.31 bits per heavy atom. The second-order valence-corrected chi connectivity index (χ2v) is 2.79. The number of ether oxygens (including phenoxy) is 1. The number of hydrogen-bond acceptors (Lipinski definition) is 4. The summed E-state index contributed by atoms with van der Waals surface area (Å²) in [5.41, 5.74) is 0.492. The molecule has 1 aliphatic heterocycles. The molecule has 72 valence electrons. The number of carbonyl (C=O) groups excluding carboxylic acids is 2. The molecule has 0 saturated heterocycles. The van der Waals surface area contributed by atoms with E-state index in [1.165, 1.54) is 7.05 Å². The minimum atomic E-state index is -0.829. The van der Waals surface area contributed by atoms with Crippen LogP contribution >= 0.6 is 0 Å². The molecule has 1 amide bonds. The number of amides is 1. The molecule has 0 aromatic carbocycles. The highest BCUT2D eigenvalue weighted by Crippen LogP contribution is 2.15. The zero-order valence-corrected chi connectivity index (χ0v) is 7.90. The fraction of sp³-hybridized carbons (Fsp3) is 0.625. The molecule has 1 unspecified atom stereocenters. The predicted molar refractivity (Wildman–Crippen MR) is 46.0 cm³/mol. The van der Waals surface area contributed by atoms with Crippen molar-refractivity contribution >= 4 is 17.6 Å². The van der Waals surface area contributed by atoms with E-state index in [-0.39, 0.29) is 12.5 Å². The van der Waals surface area contributed by atoms with Gasteiger partial charge in [0.05, 0.1) is 12.3 Å². The molecule has 0 aromatic rings. The van der Waals surface area contributed by atoms with Crippen molar-refractivity contribution in [2.24, 2.45) is 11.0 Å². The molecule has 1 heterocycles. The maximum absolute atomic E-state index is 11.3. The molecule has 1 rings (SSSR count). The van der Waals surface area contributed by atoms with Gasteiger partial charge < -0.3 is 4.74 Å². The molecule has 0 fully saturated rings. The van der Waals surface area contributed by atoms with Gasteiger partial charge in [0, 0.05) is 7.05 Å². The first-order valence-corrected chi connectivity index (χ1v) is 4.07. The van der Waals surface area contributed by atoms with Gasteiger partial charge in [-0.15, -0.1) is 0 Å². The third-order valence-corrected chi connectivity index (χ3v) is 1.81. The zero-order valence-electron chi connectivity index (χ0n) is 7.90. The Bertz CT molecular complexity index is 273. The predicted octanol–water partition coefficient (Wildman–Crippen LogP) is 0.0136. The topological polar surface area (TPSA) is 59.0 Å². The van der Waals surface area contributed by atoms with E-state index in [9.17, 15) is 9.59 Å². The van der Waals surface area contributed by atoms with Crippen LogP contribution in [0.5, 0.6) is 0 Å². The van der Waals surface area contributed by atoms with E-state index in [0.717, 1.165) is 5.01 Å². The maximum atomic E-state index is 11.3. The van der Waals surface area contributed by atoms with Gasteiger partial charge in [-0.2, -0.15) is 5.10 Å². The largest absolute Gasteiger partial charge is 0.465 e. The summed E-state index contributed by atoms with van der Waals surface area (Å²) in [5.74, 6) is -1.67. The van der Waals surface area contributed by atoms with Crippen LogP contribution in [0.25, 0.3) is 0 Å². The third kappa shape index (κ3) is 1.68. The summed E-state index contributed by atoms with van der Waals surface area (Å²) in [5, 5.41) is 5.02. The van der Waals surface area contributed by atoms with Gasteiger partial charge in [0.2, 0.25) is 0 Å². The van der Waals surface area contributed by atoms with Crippen LogP contribution in [0.2, 0.25) is 0 Å². The second-order valence-electron chi connectivity index (χ2n) is 2.79. The molecule has 5 heteroatoms. The monoisotopic (exact) mass is 184 g/mol. The van der Waals surface area contributed by atoms with Gasteiger partial charge in [0.15, 0.2) is 5.92 Å². The molecular weight excluding hydrogens is 172 g/mol. The van der Waals surface area contributed by atoms with Gasteiger partial charge in [-0.25, -0.2) is 5.01 Å². The Kier molecular flexibility index (Phi) is 2.65. The lowest BCUT2D eigenvalue weighted by molar-refractivity contribution is -0.150. The molecule has 0 spiro atoms. The molecule has 0 bridgehead atoms. The molecular formula is C8H12N2O3. The van der Waals surface area contributed by atoms with E-state index in [1.54, 1.807) is 13.8 Å². The SMILES string of the molecule is CCOC(=O)C1C(=O)N(C)N=C1C. The summed E-state index contributed by atoms with van der Waals surface area (Å²) in [4.78, 5) is 22.6. The molecule has 0 N–H and O–H groups in total. The fourth-order valence-corrected chi connectivity index (χ4v) is 1.21. The van der Waals surface area contributed by atoms with Crippen LogP contribution in [0.1, 0.15) is 13.8 Å². The van der Waals surface area contributed by atoms with E-state index < -0.39 is 11.9 Å². The second kappa shape index (κ2) is 3.55. The van der Waals surface area contributed by atoms with Crippen LogP contribution in [-0.4, -0.2) is 36.3 Å². The van der Waals surface area contributed by atoms with Crippen molar-refractivity contribution in [3.05, 3.63) is 0 Å². The van der Waals surface area contributed by atoms with Gasteiger partial charge in [-0.1, -0.05) is 0 Å². The quantitative estimate of drug-likeness (QED) is 0.449. The summed E-state index contributed by atoms with van der Waals surface area (Å²) in [7, 11) is 1.52. The van der Waals surface area contributed by atoms with Crippen LogP contribution in [0.15, 0.2) is 5.10 Å². The van der Waals surface area contributed by atoms with Crippen molar-refractivity contribution in [3.8, 4) is 0 Å². The lowest BCUT2D eigenvalue weighted by Crippen LogP contribution is -2.32. The van der Waals surface area contributed by atoms with E-state index >= 15 is 0 Å². The molecule has 0 saturated carbocycles. The van der Waals surface area contributed by atoms with Crippen molar-refractivity contribution in [1.82, 2.24) is 5.01 Å². The number of carbonyl (C=O) groups is 2. The number of rotatable bonds is 2. The Labute approximate surface area is 76.3 Å². The average Bonchev–Trinajstić information content (AvgIpc) is 2.27. The van der Waals surface area contributed by atoms with Gasteiger partial charge in [0.25, 0.3) is 5.91 Å². The van der Waals surface area contributed by atoms with Crippen LogP contribution in [0.3, 0.4) is 0 Å². The average molecular weight is 184 g/mol. The van der Waals surface area contributed by atoms with Crippen molar-refractivity contribution < 1.29 is 14.3 Å². The minimum absolute atomic E-state index is 0.277. The van der Waals surface area contributed by atoms with E-state index in [4.69, 9.17) is 4.74 Å². The molecule has 0 aliphatic carbocycles. The molecule has 0 aromatic heterocycles. The van der Waals surface area contributed by atoms with E-state index in [0.29, 0.717) is 5.71 Å². The van der Waals surface area contributed by atoms with Crippen LogP contribution in [0.4, 0.5) is 0 Å². The van der Waals surface area contributed by atoms with Crippen LogP contribution < -0.4 is 0 Å². The van der Waals surface area contributed by atoms with E-state index in [2.05, 4.69) is 5.10 Å². The number of hydrazone groups is 1. The Balaban J connectivity index is 2.76. The van der Waals surface area contributed by atoms with Gasteiger partial charge in [0.1, 0.15) is 0 Å². The first kappa shape index (κ1) is 9.70. The lowest BCUT2D eigenvalue weighted by atomic mass is 10.1. The molecule has 1 aliphatic rings. The smallest absolute Gasteiger partial charge is 0.324 e. The first-order chi connectivity index (χ1) is 6.07. The van der Waals surface area contributed by atoms with Crippen LogP contribution in [0, 0.1) is 5.92 Å². The molecule has 13 heavy (non-hydrogen) atoms. The lowest BCUT2D eigenvalue weighted by Gasteiger charge is -2.08. The van der Waals surface area contributed by atoms with Crippen molar-refractivity contribution in [1.29, 1.82) is 0 Å².